The van der Waals surface area contributed by atoms with E-state index in [9.17, 15) is 0 Å². The minimum atomic E-state index is 0.347. The van der Waals surface area contributed by atoms with Crippen molar-refractivity contribution in [3.63, 3.8) is 0 Å². The van der Waals surface area contributed by atoms with Gasteiger partial charge in [0.1, 0.15) is 0 Å². The molecule has 0 aromatic heterocycles. The van der Waals surface area contributed by atoms with Gasteiger partial charge >= 0.3 is 0 Å². The molecule has 0 spiro atoms. The van der Waals surface area contributed by atoms with Gasteiger partial charge in [0.2, 0.25) is 0 Å². The van der Waals surface area contributed by atoms with E-state index in [2.05, 4.69) is 12.2 Å². The van der Waals surface area contributed by atoms with E-state index >= 15 is 0 Å². The van der Waals surface area contributed by atoms with Crippen LogP contribution in [0.15, 0.2) is 0 Å². The highest BCUT2D eigenvalue weighted by molar-refractivity contribution is 4.79. The summed E-state index contributed by atoms with van der Waals surface area (Å²) in [5.41, 5.74) is 5.58. The normalized spacial score (nSPS) is 42.0. The molecule has 1 fully saturated rings. The molecule has 2 heteroatoms. The van der Waals surface area contributed by atoms with Gasteiger partial charge in [-0.1, -0.05) is 6.92 Å². The van der Waals surface area contributed by atoms with Crippen molar-refractivity contribution in [1.82, 2.24) is 5.32 Å². The van der Waals surface area contributed by atoms with Gasteiger partial charge < -0.3 is 5.73 Å². The maximum Gasteiger partial charge on any atom is 0.0288 e. The van der Waals surface area contributed by atoms with E-state index in [1.165, 1.54) is 0 Å². The average Bonchev–Trinajstić information content (AvgIpc) is 1.91. The third kappa shape index (κ3) is 0.924. The molecule has 2 nitrogen and oxygen atoms in total. The molecule has 0 aromatic rings. The van der Waals surface area contributed by atoms with E-state index < -0.39 is 0 Å². The minimum absolute atomic E-state index is 0.347. The van der Waals surface area contributed by atoms with Gasteiger partial charge in [0, 0.05) is 19.1 Å². The third-order valence-electron chi connectivity index (χ3n) is 1.49. The second-order valence-corrected chi connectivity index (χ2v) is 2.23. The van der Waals surface area contributed by atoms with Crippen LogP contribution < -0.4 is 11.1 Å². The number of nitrogens with two attached hydrogens (primary N) is 1. The number of hydrogen-bond acceptors (Lipinski definition) is 1. The summed E-state index contributed by atoms with van der Waals surface area (Å²) in [6.07, 6.45) is 0. The van der Waals surface area contributed by atoms with Crippen molar-refractivity contribution < 1.29 is 0 Å². The van der Waals surface area contributed by atoms with Crippen molar-refractivity contribution >= 4 is 0 Å². The highest BCUT2D eigenvalue weighted by Gasteiger charge is 2.18. The highest BCUT2D eigenvalue weighted by atomic mass is 15.0. The molecule has 1 aliphatic heterocycles. The molecule has 1 heterocycles. The number of rotatable bonds is 0. The van der Waals surface area contributed by atoms with Crippen molar-refractivity contribution in [3.8, 4) is 0 Å². The van der Waals surface area contributed by atoms with Crippen LogP contribution in [0.25, 0.3) is 0 Å². The summed E-state index contributed by atoms with van der Waals surface area (Å²) >= 11 is 0. The smallest absolute Gasteiger partial charge is 0.0288 e. The first-order valence-corrected chi connectivity index (χ1v) is 2.69. The molecule has 1 radical (unpaired) electrons. The van der Waals surface area contributed by atoms with E-state index in [1.807, 2.05) is 0 Å². The second kappa shape index (κ2) is 1.80. The second-order valence-electron chi connectivity index (χ2n) is 2.23. The van der Waals surface area contributed by atoms with Gasteiger partial charge in [0.25, 0.3) is 0 Å². The molecule has 7 heavy (non-hydrogen) atoms. The van der Waals surface area contributed by atoms with E-state index in [0.717, 1.165) is 13.1 Å². The topological polar surface area (TPSA) is 40.1 Å². The summed E-state index contributed by atoms with van der Waals surface area (Å²) < 4.78 is 0. The molecule has 0 aromatic carbocycles. The van der Waals surface area contributed by atoms with E-state index in [4.69, 9.17) is 5.73 Å². The van der Waals surface area contributed by atoms with Gasteiger partial charge in [-0.2, -0.15) is 0 Å². The Kier molecular flexibility index (Phi) is 1.30. The molecular weight excluding hydrogens is 88.1 g/mol. The maximum absolute atomic E-state index is 5.58. The van der Waals surface area contributed by atoms with Gasteiger partial charge in [0.15, 0.2) is 0 Å². The zero-order chi connectivity index (χ0) is 5.28. The Morgan fingerprint density at radius 2 is 2.29 bits per heavy atom. The zero-order valence-electron chi connectivity index (χ0n) is 4.59. The fourth-order valence-corrected chi connectivity index (χ4v) is 0.743. The van der Waals surface area contributed by atoms with Crippen LogP contribution in [0, 0.1) is 5.92 Å². The summed E-state index contributed by atoms with van der Waals surface area (Å²) in [5, 5.41) is 4.12. The van der Waals surface area contributed by atoms with Crippen LogP contribution in [0.1, 0.15) is 6.92 Å². The Bertz CT molecular complexity index is 55.1. The Morgan fingerprint density at radius 3 is 2.43 bits per heavy atom. The van der Waals surface area contributed by atoms with Crippen LogP contribution in [0.3, 0.4) is 0 Å². The van der Waals surface area contributed by atoms with E-state index in [-0.39, 0.29) is 0 Å². The van der Waals surface area contributed by atoms with Crippen LogP contribution in [0.2, 0.25) is 0 Å². The molecule has 0 aliphatic carbocycles. The summed E-state index contributed by atoms with van der Waals surface area (Å²) in [5.74, 6) is 0.625. The summed E-state index contributed by atoms with van der Waals surface area (Å²) in [6.45, 7) is 3.99. The first-order chi connectivity index (χ1) is 3.30. The Balaban J connectivity index is 2.33. The van der Waals surface area contributed by atoms with Crippen molar-refractivity contribution in [2.75, 3.05) is 13.1 Å². The quantitative estimate of drug-likeness (QED) is 0.439. The molecule has 1 saturated heterocycles. The zero-order valence-corrected chi connectivity index (χ0v) is 4.59. The standard InChI is InChI=1S/C5H11N2/c1-4-2-7-3-5(4)6/h4-5H,2-3,6H2,1H3/t4-,5+/m0/s1. The van der Waals surface area contributed by atoms with Crippen molar-refractivity contribution in [3.05, 3.63) is 0 Å². The molecule has 0 amide bonds. The van der Waals surface area contributed by atoms with Crippen LogP contribution in [-0.4, -0.2) is 19.1 Å². The number of nitrogens with zero attached hydrogens (tertiary/aromatic N) is 1. The molecule has 1 aliphatic rings. The van der Waals surface area contributed by atoms with Crippen molar-refractivity contribution in [1.29, 1.82) is 0 Å². The molecule has 1 rings (SSSR count). The van der Waals surface area contributed by atoms with Gasteiger partial charge in [-0.3, -0.25) is 0 Å². The molecule has 0 saturated carbocycles. The van der Waals surface area contributed by atoms with Crippen molar-refractivity contribution in [2.24, 2.45) is 11.7 Å². The first kappa shape index (κ1) is 5.06. The molecule has 2 atom stereocenters. The summed E-state index contributed by atoms with van der Waals surface area (Å²) in [6, 6.07) is 0.347. The average molecular weight is 99.2 g/mol. The maximum atomic E-state index is 5.58. The Labute approximate surface area is 44.1 Å². The van der Waals surface area contributed by atoms with Crippen LogP contribution >= 0.6 is 0 Å². The Hall–Kier alpha value is -0.0800. The molecule has 0 unspecified atom stereocenters. The predicted octanol–water partition coefficient (Wildman–Crippen LogP) is -0.432. The monoisotopic (exact) mass is 99.1 g/mol. The lowest BCUT2D eigenvalue weighted by Crippen LogP contribution is -2.26. The molecule has 41 valence electrons. The predicted molar refractivity (Wildman–Crippen MR) is 29.0 cm³/mol. The van der Waals surface area contributed by atoms with E-state index in [0.29, 0.717) is 12.0 Å². The fraction of sp³-hybridized carbons (Fsp3) is 1.00. The molecule has 2 N–H and O–H groups in total. The lowest BCUT2D eigenvalue weighted by molar-refractivity contribution is 0.565. The third-order valence-corrected chi connectivity index (χ3v) is 1.49. The lowest BCUT2D eigenvalue weighted by atomic mass is 10.1. The molecular formula is C5H11N2. The minimum Gasteiger partial charge on any atom is -0.326 e. The highest BCUT2D eigenvalue weighted by Crippen LogP contribution is 2.04. The SMILES string of the molecule is C[C@H]1C[N]C[C@H]1N. The van der Waals surface area contributed by atoms with E-state index in [1.54, 1.807) is 0 Å². The van der Waals surface area contributed by atoms with Crippen LogP contribution in [0.4, 0.5) is 0 Å². The number of hydrogen-bond donors (Lipinski definition) is 1. The van der Waals surface area contributed by atoms with Gasteiger partial charge in [0.05, 0.1) is 0 Å². The fourth-order valence-electron chi connectivity index (χ4n) is 0.743. The summed E-state index contributed by atoms with van der Waals surface area (Å²) in [7, 11) is 0. The van der Waals surface area contributed by atoms with Gasteiger partial charge in [-0.05, 0) is 5.92 Å². The lowest BCUT2D eigenvalue weighted by Gasteiger charge is -2.03. The van der Waals surface area contributed by atoms with Crippen molar-refractivity contribution in [2.45, 2.75) is 13.0 Å². The first-order valence-electron chi connectivity index (χ1n) is 2.69. The van der Waals surface area contributed by atoms with Gasteiger partial charge in [-0.25, -0.2) is 5.32 Å². The largest absolute Gasteiger partial charge is 0.326 e. The summed E-state index contributed by atoms with van der Waals surface area (Å²) in [4.78, 5) is 0. The van der Waals surface area contributed by atoms with Crippen LogP contribution in [0.5, 0.6) is 0 Å². The Morgan fingerprint density at radius 1 is 1.57 bits per heavy atom. The molecule has 0 bridgehead atoms. The van der Waals surface area contributed by atoms with Crippen LogP contribution in [-0.2, 0) is 0 Å². The van der Waals surface area contributed by atoms with Gasteiger partial charge in [-0.15, -0.1) is 0 Å².